The molecule has 0 aromatic heterocycles. The Balaban J connectivity index is 1.49. The summed E-state index contributed by atoms with van der Waals surface area (Å²) in [6, 6.07) is 27.8. The Bertz CT molecular complexity index is 1170. The minimum absolute atomic E-state index is 0.650. The molecule has 0 unspecified atom stereocenters. The minimum Gasteiger partial charge on any atom is -0.492 e. The van der Waals surface area contributed by atoms with Crippen molar-refractivity contribution < 1.29 is 18.9 Å². The molecule has 1 fully saturated rings. The molecule has 3 aromatic rings. The monoisotopic (exact) mass is 558 g/mol. The van der Waals surface area contributed by atoms with Crippen LogP contribution in [0.5, 0.6) is 11.5 Å². The number of allylic oxidation sites excluding steroid dienone is 1. The van der Waals surface area contributed by atoms with E-state index < -0.39 is 0 Å². The average molecular weight is 559 g/mol. The molecular formula is C35H46N2O4. The molecule has 4 rings (SSSR count). The Morgan fingerprint density at radius 3 is 1.88 bits per heavy atom. The number of rotatable bonds is 16. The van der Waals surface area contributed by atoms with Gasteiger partial charge in [-0.1, -0.05) is 68.4 Å². The molecule has 0 atom stereocenters. The van der Waals surface area contributed by atoms with Gasteiger partial charge in [0.2, 0.25) is 0 Å². The quantitative estimate of drug-likeness (QED) is 0.198. The molecule has 1 aliphatic heterocycles. The number of ether oxygens (including phenoxy) is 4. The highest BCUT2D eigenvalue weighted by molar-refractivity contribution is 5.98. The van der Waals surface area contributed by atoms with Crippen LogP contribution < -0.4 is 9.47 Å². The van der Waals surface area contributed by atoms with Gasteiger partial charge in [-0.15, -0.1) is 0 Å². The second kappa shape index (κ2) is 16.9. The van der Waals surface area contributed by atoms with Gasteiger partial charge in [0.25, 0.3) is 0 Å². The number of likely N-dealkylation sites (N-methyl/N-ethyl adjacent to an activating group) is 1. The van der Waals surface area contributed by atoms with E-state index in [4.69, 9.17) is 18.9 Å². The Hall–Kier alpha value is -3.16. The predicted molar refractivity (Wildman–Crippen MR) is 168 cm³/mol. The van der Waals surface area contributed by atoms with Gasteiger partial charge in [-0.25, -0.2) is 0 Å². The van der Waals surface area contributed by atoms with Crippen molar-refractivity contribution in [3.63, 3.8) is 0 Å². The van der Waals surface area contributed by atoms with Crippen molar-refractivity contribution in [1.29, 1.82) is 0 Å². The van der Waals surface area contributed by atoms with Crippen molar-refractivity contribution in [3.05, 3.63) is 95.6 Å². The Morgan fingerprint density at radius 2 is 1.32 bits per heavy atom. The number of hydrogen-bond acceptors (Lipinski definition) is 6. The average Bonchev–Trinajstić information content (AvgIpc) is 3.03. The molecule has 0 aliphatic carbocycles. The molecule has 6 nitrogen and oxygen atoms in total. The van der Waals surface area contributed by atoms with Gasteiger partial charge in [0, 0.05) is 39.8 Å². The third-order valence-electron chi connectivity index (χ3n) is 7.58. The zero-order chi connectivity index (χ0) is 28.7. The van der Waals surface area contributed by atoms with E-state index >= 15 is 0 Å². The number of morpholine rings is 1. The van der Waals surface area contributed by atoms with E-state index in [1.54, 1.807) is 7.11 Å². The van der Waals surface area contributed by atoms with Crippen molar-refractivity contribution in [2.24, 2.45) is 0 Å². The molecule has 1 aliphatic rings. The van der Waals surface area contributed by atoms with Gasteiger partial charge in [-0.05, 0) is 65.1 Å². The fraction of sp³-hybridized carbons (Fsp3) is 0.429. The van der Waals surface area contributed by atoms with Crippen LogP contribution in [0.1, 0.15) is 37.0 Å². The standard InChI is InChI=1S/C35H46N2O4/c1-4-34(29-9-7-6-8-10-29)35(30-11-15-32(16-12-30)40-27-22-36(5-2)19-24-38-3)31-13-17-33(18-14-31)41-28-23-37-20-25-39-26-21-37/h6-18H,4-5,19-28H2,1-3H3/b35-34+. The van der Waals surface area contributed by atoms with E-state index in [0.29, 0.717) is 13.2 Å². The largest absolute Gasteiger partial charge is 0.492 e. The highest BCUT2D eigenvalue weighted by atomic mass is 16.5. The summed E-state index contributed by atoms with van der Waals surface area (Å²) in [5.41, 5.74) is 6.15. The molecule has 1 heterocycles. The van der Waals surface area contributed by atoms with Crippen molar-refractivity contribution >= 4 is 11.1 Å². The summed E-state index contributed by atoms with van der Waals surface area (Å²) in [4.78, 5) is 4.73. The number of benzene rings is 3. The lowest BCUT2D eigenvalue weighted by molar-refractivity contribution is 0.0322. The van der Waals surface area contributed by atoms with Crippen LogP contribution in [-0.2, 0) is 9.47 Å². The third kappa shape index (κ3) is 9.44. The summed E-state index contributed by atoms with van der Waals surface area (Å²) in [6.45, 7) is 13.7. The molecule has 6 heteroatoms. The minimum atomic E-state index is 0.650. The lowest BCUT2D eigenvalue weighted by Crippen LogP contribution is -2.38. The first-order valence-corrected chi connectivity index (χ1v) is 15.0. The normalized spacial score (nSPS) is 14.6. The number of methoxy groups -OCH3 is 1. The van der Waals surface area contributed by atoms with E-state index in [1.165, 1.54) is 27.8 Å². The maximum atomic E-state index is 6.10. The van der Waals surface area contributed by atoms with Gasteiger partial charge in [0.15, 0.2) is 0 Å². The fourth-order valence-corrected chi connectivity index (χ4v) is 5.17. The van der Waals surface area contributed by atoms with Crippen LogP contribution in [0, 0.1) is 0 Å². The molecule has 3 aromatic carbocycles. The molecule has 41 heavy (non-hydrogen) atoms. The SMILES string of the molecule is CC/C(=C(/c1ccc(OCCN(CC)CCOC)cc1)c1ccc(OCCN2CCOCC2)cc1)c1ccccc1. The second-order valence-electron chi connectivity index (χ2n) is 10.2. The Morgan fingerprint density at radius 1 is 0.732 bits per heavy atom. The maximum Gasteiger partial charge on any atom is 0.119 e. The van der Waals surface area contributed by atoms with Crippen LogP contribution in [0.3, 0.4) is 0 Å². The Labute approximate surface area is 246 Å². The Kier molecular flexibility index (Phi) is 12.7. The lowest BCUT2D eigenvalue weighted by Gasteiger charge is -2.26. The van der Waals surface area contributed by atoms with E-state index in [-0.39, 0.29) is 0 Å². The van der Waals surface area contributed by atoms with Gasteiger partial charge in [0.05, 0.1) is 19.8 Å². The molecule has 0 saturated carbocycles. The van der Waals surface area contributed by atoms with Crippen LogP contribution in [0.4, 0.5) is 0 Å². The van der Waals surface area contributed by atoms with Crippen molar-refractivity contribution in [3.8, 4) is 11.5 Å². The maximum absolute atomic E-state index is 6.10. The van der Waals surface area contributed by atoms with Crippen LogP contribution >= 0.6 is 0 Å². The first kappa shape index (κ1) is 30.8. The molecule has 0 bridgehead atoms. The molecule has 0 amide bonds. The lowest BCUT2D eigenvalue weighted by atomic mass is 9.88. The van der Waals surface area contributed by atoms with E-state index in [9.17, 15) is 0 Å². The second-order valence-corrected chi connectivity index (χ2v) is 10.2. The number of hydrogen-bond donors (Lipinski definition) is 0. The highest BCUT2D eigenvalue weighted by Crippen LogP contribution is 2.35. The van der Waals surface area contributed by atoms with Crippen molar-refractivity contribution in [2.45, 2.75) is 20.3 Å². The van der Waals surface area contributed by atoms with Crippen LogP contribution in [0.15, 0.2) is 78.9 Å². The molecule has 220 valence electrons. The van der Waals surface area contributed by atoms with E-state index in [1.807, 2.05) is 0 Å². The van der Waals surface area contributed by atoms with Gasteiger partial charge in [0.1, 0.15) is 24.7 Å². The van der Waals surface area contributed by atoms with Crippen LogP contribution in [0.25, 0.3) is 11.1 Å². The molecule has 0 N–H and O–H groups in total. The van der Waals surface area contributed by atoms with Crippen molar-refractivity contribution in [1.82, 2.24) is 9.80 Å². The predicted octanol–water partition coefficient (Wildman–Crippen LogP) is 6.11. The van der Waals surface area contributed by atoms with E-state index in [2.05, 4.69) is 103 Å². The zero-order valence-corrected chi connectivity index (χ0v) is 25.0. The summed E-state index contributed by atoms with van der Waals surface area (Å²) in [7, 11) is 1.74. The van der Waals surface area contributed by atoms with Crippen molar-refractivity contribution in [2.75, 3.05) is 79.4 Å². The molecular weight excluding hydrogens is 512 g/mol. The summed E-state index contributed by atoms with van der Waals surface area (Å²) in [5, 5.41) is 0. The van der Waals surface area contributed by atoms with Gasteiger partial charge in [-0.2, -0.15) is 0 Å². The van der Waals surface area contributed by atoms with Crippen LogP contribution in [0.2, 0.25) is 0 Å². The molecule has 0 radical (unpaired) electrons. The van der Waals surface area contributed by atoms with Gasteiger partial charge in [-0.3, -0.25) is 9.80 Å². The molecule has 1 saturated heterocycles. The third-order valence-corrected chi connectivity index (χ3v) is 7.58. The van der Waals surface area contributed by atoms with Gasteiger partial charge < -0.3 is 18.9 Å². The van der Waals surface area contributed by atoms with E-state index in [0.717, 1.165) is 77.0 Å². The first-order valence-electron chi connectivity index (χ1n) is 15.0. The van der Waals surface area contributed by atoms with Gasteiger partial charge >= 0.3 is 0 Å². The summed E-state index contributed by atoms with van der Waals surface area (Å²) in [6.07, 6.45) is 0.920. The molecule has 0 spiro atoms. The zero-order valence-electron chi connectivity index (χ0n) is 25.0. The van der Waals surface area contributed by atoms with Crippen LogP contribution in [-0.4, -0.2) is 89.2 Å². The first-order chi connectivity index (χ1) is 20.2. The number of nitrogens with zero attached hydrogens (tertiary/aromatic N) is 2. The summed E-state index contributed by atoms with van der Waals surface area (Å²) >= 11 is 0. The topological polar surface area (TPSA) is 43.4 Å². The smallest absolute Gasteiger partial charge is 0.119 e. The summed E-state index contributed by atoms with van der Waals surface area (Å²) in [5.74, 6) is 1.78. The highest BCUT2D eigenvalue weighted by Gasteiger charge is 2.14. The summed E-state index contributed by atoms with van der Waals surface area (Å²) < 4.78 is 22.9. The fourth-order valence-electron chi connectivity index (χ4n) is 5.17.